The number of hydrogen-bond donors (Lipinski definition) is 2. The summed E-state index contributed by atoms with van der Waals surface area (Å²) in [7, 11) is 0. The van der Waals surface area contributed by atoms with Gasteiger partial charge in [-0.3, -0.25) is 9.59 Å². The van der Waals surface area contributed by atoms with Crippen molar-refractivity contribution in [3.63, 3.8) is 0 Å². The van der Waals surface area contributed by atoms with E-state index in [1.165, 1.54) is 12.1 Å². The Morgan fingerprint density at radius 1 is 1.29 bits per heavy atom. The number of carbonyl (C=O) groups is 2. The fourth-order valence-electron chi connectivity index (χ4n) is 1.66. The van der Waals surface area contributed by atoms with Crippen molar-refractivity contribution in [2.24, 2.45) is 5.10 Å². The SMILES string of the molecule is CCOc1cccc(/C=N\NC(=O)C(=O)NC(C)C)c1OC(F)F. The highest BCUT2D eigenvalue weighted by molar-refractivity contribution is 6.35. The first kappa shape index (κ1) is 19.3. The minimum atomic E-state index is -3.05. The molecule has 0 saturated heterocycles. The number of nitrogens with one attached hydrogen (secondary N) is 2. The van der Waals surface area contributed by atoms with Gasteiger partial charge in [-0.15, -0.1) is 0 Å². The Balaban J connectivity index is 2.87. The number of benzene rings is 1. The van der Waals surface area contributed by atoms with Gasteiger partial charge >= 0.3 is 18.4 Å². The Morgan fingerprint density at radius 2 is 2.00 bits per heavy atom. The average Bonchev–Trinajstić information content (AvgIpc) is 2.49. The Bertz CT molecular complexity index is 606. The zero-order valence-corrected chi connectivity index (χ0v) is 13.5. The Morgan fingerprint density at radius 3 is 2.58 bits per heavy atom. The van der Waals surface area contributed by atoms with E-state index in [9.17, 15) is 18.4 Å². The van der Waals surface area contributed by atoms with E-state index < -0.39 is 18.4 Å². The van der Waals surface area contributed by atoms with Crippen LogP contribution in [0.5, 0.6) is 11.5 Å². The van der Waals surface area contributed by atoms with Crippen LogP contribution < -0.4 is 20.2 Å². The highest BCUT2D eigenvalue weighted by Crippen LogP contribution is 2.31. The van der Waals surface area contributed by atoms with E-state index in [4.69, 9.17) is 4.74 Å². The molecule has 2 amide bonds. The first-order valence-electron chi connectivity index (χ1n) is 7.19. The third kappa shape index (κ3) is 6.19. The predicted molar refractivity (Wildman–Crippen MR) is 83.3 cm³/mol. The van der Waals surface area contributed by atoms with Crippen LogP contribution in [0.25, 0.3) is 0 Å². The lowest BCUT2D eigenvalue weighted by atomic mass is 10.2. The van der Waals surface area contributed by atoms with Gasteiger partial charge in [-0.1, -0.05) is 6.07 Å². The zero-order valence-electron chi connectivity index (χ0n) is 13.5. The number of carbonyl (C=O) groups excluding carboxylic acids is 2. The molecule has 1 aromatic rings. The number of alkyl halides is 2. The van der Waals surface area contributed by atoms with E-state index in [1.54, 1.807) is 26.8 Å². The number of nitrogens with zero attached hydrogens (tertiary/aromatic N) is 1. The van der Waals surface area contributed by atoms with E-state index in [-0.39, 0.29) is 29.7 Å². The van der Waals surface area contributed by atoms with Crippen molar-refractivity contribution in [1.29, 1.82) is 0 Å². The van der Waals surface area contributed by atoms with Crippen molar-refractivity contribution in [1.82, 2.24) is 10.7 Å². The number of hydrogen-bond acceptors (Lipinski definition) is 5. The van der Waals surface area contributed by atoms with Gasteiger partial charge in [0.1, 0.15) is 0 Å². The Labute approximate surface area is 138 Å². The summed E-state index contributed by atoms with van der Waals surface area (Å²) in [6.07, 6.45) is 1.08. The molecule has 0 spiro atoms. The molecule has 2 N–H and O–H groups in total. The molecule has 0 aromatic heterocycles. The van der Waals surface area contributed by atoms with Crippen LogP contribution in [0.15, 0.2) is 23.3 Å². The third-order valence-corrected chi connectivity index (χ3v) is 2.51. The van der Waals surface area contributed by atoms with Crippen LogP contribution in [-0.4, -0.2) is 37.3 Å². The molecule has 1 rings (SSSR count). The molecule has 0 bridgehead atoms. The van der Waals surface area contributed by atoms with Crippen molar-refractivity contribution in [3.8, 4) is 11.5 Å². The molecule has 0 unspecified atom stereocenters. The number of ether oxygens (including phenoxy) is 2. The maximum Gasteiger partial charge on any atom is 0.387 e. The van der Waals surface area contributed by atoms with Gasteiger partial charge in [-0.05, 0) is 32.9 Å². The third-order valence-electron chi connectivity index (χ3n) is 2.51. The molecule has 9 heteroatoms. The van der Waals surface area contributed by atoms with Gasteiger partial charge in [-0.2, -0.15) is 13.9 Å². The Kier molecular flexibility index (Phi) is 7.60. The van der Waals surface area contributed by atoms with Crippen LogP contribution in [-0.2, 0) is 9.59 Å². The molecular weight excluding hydrogens is 324 g/mol. The van der Waals surface area contributed by atoms with Crippen LogP contribution in [0.3, 0.4) is 0 Å². The van der Waals surface area contributed by atoms with Crippen LogP contribution >= 0.6 is 0 Å². The predicted octanol–water partition coefficient (Wildman–Crippen LogP) is 1.66. The molecule has 7 nitrogen and oxygen atoms in total. The van der Waals surface area contributed by atoms with E-state index in [1.807, 2.05) is 5.43 Å². The highest BCUT2D eigenvalue weighted by atomic mass is 19.3. The second kappa shape index (κ2) is 9.43. The zero-order chi connectivity index (χ0) is 18.1. The number of amides is 2. The monoisotopic (exact) mass is 343 g/mol. The fraction of sp³-hybridized carbons (Fsp3) is 0.400. The standard InChI is InChI=1S/C15H19F2N3O4/c1-4-23-11-7-5-6-10(12(11)24-15(16)17)8-18-20-14(22)13(21)19-9(2)3/h5-9,15H,4H2,1-3H3,(H,19,21)(H,20,22)/b18-8-. The van der Waals surface area contributed by atoms with Crippen molar-refractivity contribution in [2.75, 3.05) is 6.61 Å². The van der Waals surface area contributed by atoms with Gasteiger partial charge in [0.05, 0.1) is 12.8 Å². The number of hydrazone groups is 1. The molecule has 0 aliphatic heterocycles. The number of rotatable bonds is 7. The van der Waals surface area contributed by atoms with Gasteiger partial charge < -0.3 is 14.8 Å². The van der Waals surface area contributed by atoms with Gasteiger partial charge in [0.15, 0.2) is 11.5 Å². The Hall–Kier alpha value is -2.71. The lowest BCUT2D eigenvalue weighted by Crippen LogP contribution is -2.41. The van der Waals surface area contributed by atoms with Gasteiger partial charge in [0, 0.05) is 11.6 Å². The van der Waals surface area contributed by atoms with Crippen molar-refractivity contribution >= 4 is 18.0 Å². The molecule has 24 heavy (non-hydrogen) atoms. The summed E-state index contributed by atoms with van der Waals surface area (Å²) in [5, 5.41) is 5.96. The van der Waals surface area contributed by atoms with Gasteiger partial charge in [0.2, 0.25) is 0 Å². The molecule has 0 aliphatic carbocycles. The largest absolute Gasteiger partial charge is 0.490 e. The fourth-order valence-corrected chi connectivity index (χ4v) is 1.66. The lowest BCUT2D eigenvalue weighted by molar-refractivity contribution is -0.139. The van der Waals surface area contributed by atoms with Crippen molar-refractivity contribution in [3.05, 3.63) is 23.8 Å². The van der Waals surface area contributed by atoms with E-state index >= 15 is 0 Å². The van der Waals surface area contributed by atoms with E-state index in [0.717, 1.165) is 6.21 Å². The topological polar surface area (TPSA) is 89.0 Å². The second-order valence-corrected chi connectivity index (χ2v) is 4.81. The van der Waals surface area contributed by atoms with Crippen LogP contribution in [0.2, 0.25) is 0 Å². The smallest absolute Gasteiger partial charge is 0.387 e. The summed E-state index contributed by atoms with van der Waals surface area (Å²) >= 11 is 0. The van der Waals surface area contributed by atoms with Crippen LogP contribution in [0.4, 0.5) is 8.78 Å². The number of para-hydroxylation sites is 1. The molecule has 132 valence electrons. The minimum absolute atomic E-state index is 0.116. The highest BCUT2D eigenvalue weighted by Gasteiger charge is 2.16. The van der Waals surface area contributed by atoms with Crippen molar-refractivity contribution in [2.45, 2.75) is 33.4 Å². The maximum absolute atomic E-state index is 12.6. The molecule has 0 fully saturated rings. The summed E-state index contributed by atoms with van der Waals surface area (Å²) in [6.45, 7) is 2.29. The second-order valence-electron chi connectivity index (χ2n) is 4.81. The van der Waals surface area contributed by atoms with Gasteiger partial charge in [0.25, 0.3) is 0 Å². The van der Waals surface area contributed by atoms with E-state index in [0.29, 0.717) is 0 Å². The summed E-state index contributed by atoms with van der Waals surface area (Å²) in [6, 6.07) is 4.26. The van der Waals surface area contributed by atoms with Crippen molar-refractivity contribution < 1.29 is 27.8 Å². The lowest BCUT2D eigenvalue weighted by Gasteiger charge is -2.13. The molecule has 0 heterocycles. The minimum Gasteiger partial charge on any atom is -0.490 e. The molecule has 0 aliphatic rings. The summed E-state index contributed by atoms with van der Waals surface area (Å²) in [4.78, 5) is 22.9. The van der Waals surface area contributed by atoms with Crippen LogP contribution in [0.1, 0.15) is 26.3 Å². The molecule has 1 aromatic carbocycles. The quantitative estimate of drug-likeness (QED) is 0.448. The summed E-state index contributed by atoms with van der Waals surface area (Å²) < 4.78 is 34.8. The molecule has 0 saturated carbocycles. The maximum atomic E-state index is 12.6. The molecule has 0 atom stereocenters. The van der Waals surface area contributed by atoms with Crippen LogP contribution in [0, 0.1) is 0 Å². The summed E-state index contributed by atoms with van der Waals surface area (Å²) in [5.41, 5.74) is 2.16. The first-order valence-corrected chi connectivity index (χ1v) is 7.19. The summed E-state index contributed by atoms with van der Waals surface area (Å²) in [5.74, 6) is -1.92. The molecular formula is C15H19F2N3O4. The normalized spacial score (nSPS) is 11.0. The average molecular weight is 343 g/mol. The van der Waals surface area contributed by atoms with Gasteiger partial charge in [-0.25, -0.2) is 5.43 Å². The molecule has 0 radical (unpaired) electrons. The van der Waals surface area contributed by atoms with E-state index in [2.05, 4.69) is 15.2 Å². The first-order chi connectivity index (χ1) is 11.3. The number of halogens is 2.